The summed E-state index contributed by atoms with van der Waals surface area (Å²) in [6.45, 7) is 0. The molecule has 0 saturated heterocycles. The van der Waals surface area contributed by atoms with Crippen LogP contribution < -0.4 is 4.57 Å². The number of para-hydroxylation sites is 5. The summed E-state index contributed by atoms with van der Waals surface area (Å²) in [6.07, 6.45) is 3.34. The maximum Gasteiger partial charge on any atom is 0.269 e. The third kappa shape index (κ3) is 1.95. The number of aromatic hydroxyl groups is 1. The van der Waals surface area contributed by atoms with Crippen molar-refractivity contribution in [3.8, 4) is 17.1 Å². The molecule has 1 aromatic heterocycles. The predicted molar refractivity (Wildman–Crippen MR) is 85.3 cm³/mol. The summed E-state index contributed by atoms with van der Waals surface area (Å²) < 4.78 is 3.89. The number of benzene rings is 3. The summed E-state index contributed by atoms with van der Waals surface area (Å²) in [7, 11) is 0. The van der Waals surface area contributed by atoms with Crippen LogP contribution in [0.25, 0.3) is 22.4 Å². The molecule has 3 nitrogen and oxygen atoms in total. The van der Waals surface area contributed by atoms with Crippen molar-refractivity contribution in [2.45, 2.75) is 0 Å². The maximum atomic E-state index is 10.2. The van der Waals surface area contributed by atoms with Crippen LogP contribution in [0.3, 0.4) is 0 Å². The monoisotopic (exact) mass is 286 g/mol. The van der Waals surface area contributed by atoms with E-state index in [4.69, 9.17) is 0 Å². The zero-order valence-electron chi connectivity index (χ0n) is 11.8. The average molecular weight is 286 g/mol. The van der Waals surface area contributed by atoms with Gasteiger partial charge >= 0.3 is 0 Å². The van der Waals surface area contributed by atoms with Gasteiger partial charge in [0, 0.05) is 0 Å². The molecule has 0 aliphatic rings. The molecule has 4 rings (SSSR count). The molecule has 0 saturated carbocycles. The van der Waals surface area contributed by atoms with Crippen LogP contribution in [0, 0.1) is 6.33 Å². The van der Waals surface area contributed by atoms with Gasteiger partial charge in [-0.25, -0.2) is 0 Å². The number of fused-ring (bicyclic) bond motifs is 1. The van der Waals surface area contributed by atoms with Crippen molar-refractivity contribution < 1.29 is 9.67 Å². The second-order valence-electron chi connectivity index (χ2n) is 5.08. The first-order valence-electron chi connectivity index (χ1n) is 7.13. The fraction of sp³-hybridized carbons (Fsp3) is 0. The van der Waals surface area contributed by atoms with Gasteiger partial charge in [-0.1, -0.05) is 54.6 Å². The normalized spacial score (nSPS) is 10.9. The molecule has 0 bridgehead atoms. The fourth-order valence-electron chi connectivity index (χ4n) is 2.66. The van der Waals surface area contributed by atoms with Gasteiger partial charge in [-0.2, -0.15) is 0 Å². The molecule has 0 unspecified atom stereocenters. The molecule has 1 heterocycles. The highest BCUT2D eigenvalue weighted by atomic mass is 16.3. The molecule has 4 aromatic rings. The van der Waals surface area contributed by atoms with Crippen molar-refractivity contribution in [1.29, 1.82) is 0 Å². The number of phenolic OH excluding ortho intramolecular Hbond substituents is 1. The van der Waals surface area contributed by atoms with Crippen LogP contribution >= 0.6 is 0 Å². The van der Waals surface area contributed by atoms with E-state index in [-0.39, 0.29) is 5.75 Å². The van der Waals surface area contributed by atoms with E-state index in [0.717, 1.165) is 16.7 Å². The largest absolute Gasteiger partial charge is 0.511 e. The summed E-state index contributed by atoms with van der Waals surface area (Å²) >= 11 is 0. The first-order chi connectivity index (χ1) is 10.8. The highest BCUT2D eigenvalue weighted by Crippen LogP contribution is 2.21. The van der Waals surface area contributed by atoms with Crippen molar-refractivity contribution in [1.82, 2.24) is 4.57 Å². The zero-order chi connectivity index (χ0) is 14.9. The Bertz CT molecular complexity index is 942. The number of hydrogen-bond donors (Lipinski definition) is 1. The van der Waals surface area contributed by atoms with E-state index in [1.807, 2.05) is 75.9 Å². The molecule has 0 radical (unpaired) electrons. The van der Waals surface area contributed by atoms with Gasteiger partial charge in [0.1, 0.15) is 11.4 Å². The molecular weight excluding hydrogens is 272 g/mol. The van der Waals surface area contributed by atoms with E-state index >= 15 is 0 Å². The molecule has 0 fully saturated rings. The highest BCUT2D eigenvalue weighted by Gasteiger charge is 2.13. The number of hydrogen-bond acceptors (Lipinski definition) is 1. The lowest BCUT2D eigenvalue weighted by atomic mass is 10.2. The van der Waals surface area contributed by atoms with Crippen LogP contribution in [0.4, 0.5) is 0 Å². The van der Waals surface area contributed by atoms with Crippen LogP contribution in [0.2, 0.25) is 0 Å². The predicted octanol–water partition coefficient (Wildman–Crippen LogP) is 3.41. The standard InChI is InChI=1S/C19H14N2O/c22-19-13-7-6-12-18(19)21-14-20(15-8-2-1-3-9-15)16-10-4-5-11-17(16)21/h1-13,22H. The Morgan fingerprint density at radius 2 is 1.45 bits per heavy atom. The number of imidazole rings is 1. The first-order valence-corrected chi connectivity index (χ1v) is 7.13. The van der Waals surface area contributed by atoms with Gasteiger partial charge in [-0.05, 0) is 24.3 Å². The van der Waals surface area contributed by atoms with Gasteiger partial charge in [0.2, 0.25) is 0 Å². The molecule has 0 aliphatic carbocycles. The van der Waals surface area contributed by atoms with Crippen molar-refractivity contribution in [2.75, 3.05) is 0 Å². The number of aromatic nitrogens is 2. The van der Waals surface area contributed by atoms with Crippen LogP contribution in [-0.2, 0) is 0 Å². The van der Waals surface area contributed by atoms with E-state index < -0.39 is 0 Å². The van der Waals surface area contributed by atoms with Crippen LogP contribution in [-0.4, -0.2) is 9.67 Å². The Labute approximate surface area is 128 Å². The van der Waals surface area contributed by atoms with Gasteiger partial charge in [-0.3, -0.25) is 9.13 Å². The van der Waals surface area contributed by atoms with E-state index in [2.05, 4.69) is 12.4 Å². The minimum Gasteiger partial charge on any atom is -0.511 e. The Morgan fingerprint density at radius 3 is 2.27 bits per heavy atom. The Hall–Kier alpha value is -3.07. The van der Waals surface area contributed by atoms with Gasteiger partial charge in [0.25, 0.3) is 6.33 Å². The van der Waals surface area contributed by atoms with Crippen molar-refractivity contribution in [2.24, 2.45) is 0 Å². The van der Waals surface area contributed by atoms with E-state index in [1.165, 1.54) is 0 Å². The quantitative estimate of drug-likeness (QED) is 0.444. The number of rotatable bonds is 2. The summed E-state index contributed by atoms with van der Waals surface area (Å²) in [5.74, 6) is 0.236. The first kappa shape index (κ1) is 12.7. The lowest BCUT2D eigenvalue weighted by molar-refractivity contribution is -0.573. The molecule has 3 heteroatoms. The van der Waals surface area contributed by atoms with E-state index in [1.54, 1.807) is 6.07 Å². The second kappa shape index (κ2) is 5.04. The van der Waals surface area contributed by atoms with Crippen LogP contribution in [0.15, 0.2) is 78.9 Å². The molecule has 0 atom stereocenters. The topological polar surface area (TPSA) is 29.0 Å². The molecular formula is C19H14N2O. The molecule has 106 valence electrons. The molecule has 1 N–H and O–H groups in total. The van der Waals surface area contributed by atoms with Crippen molar-refractivity contribution in [3.05, 3.63) is 85.2 Å². The lowest BCUT2D eigenvalue weighted by Crippen LogP contribution is -2.29. The summed E-state index contributed by atoms with van der Waals surface area (Å²) in [5.41, 5.74) is 3.78. The van der Waals surface area contributed by atoms with E-state index in [9.17, 15) is 5.11 Å². The molecule has 22 heavy (non-hydrogen) atoms. The minimum absolute atomic E-state index is 0.236. The number of phenols is 1. The van der Waals surface area contributed by atoms with Crippen molar-refractivity contribution in [3.63, 3.8) is 0 Å². The smallest absolute Gasteiger partial charge is 0.269 e. The van der Waals surface area contributed by atoms with E-state index in [0.29, 0.717) is 5.69 Å². The molecule has 3 aromatic carbocycles. The molecule has 0 amide bonds. The third-order valence-corrected chi connectivity index (χ3v) is 3.70. The Kier molecular flexibility index (Phi) is 2.90. The van der Waals surface area contributed by atoms with Crippen LogP contribution in [0.1, 0.15) is 0 Å². The van der Waals surface area contributed by atoms with Gasteiger partial charge < -0.3 is 5.11 Å². The lowest BCUT2D eigenvalue weighted by Gasteiger charge is -2.04. The Morgan fingerprint density at radius 1 is 0.773 bits per heavy atom. The second-order valence-corrected chi connectivity index (χ2v) is 5.08. The minimum atomic E-state index is 0.236. The summed E-state index contributed by atoms with van der Waals surface area (Å²) in [4.78, 5) is 0. The summed E-state index contributed by atoms with van der Waals surface area (Å²) in [5, 5.41) is 10.2. The maximum absolute atomic E-state index is 10.2. The summed E-state index contributed by atoms with van der Waals surface area (Å²) in [6, 6.07) is 25.4. The van der Waals surface area contributed by atoms with Crippen LogP contribution in [0.5, 0.6) is 5.75 Å². The number of nitrogens with zero attached hydrogens (tertiary/aromatic N) is 2. The van der Waals surface area contributed by atoms with Gasteiger partial charge in [0.05, 0.1) is 16.7 Å². The fourth-order valence-corrected chi connectivity index (χ4v) is 2.66. The van der Waals surface area contributed by atoms with Crippen molar-refractivity contribution >= 4 is 11.0 Å². The van der Waals surface area contributed by atoms with Gasteiger partial charge in [0.15, 0.2) is 0 Å². The Balaban J connectivity index is 2.04. The zero-order valence-corrected chi connectivity index (χ0v) is 11.8. The molecule has 0 spiro atoms. The molecule has 0 aliphatic heterocycles. The average Bonchev–Trinajstić information content (AvgIpc) is 2.96. The van der Waals surface area contributed by atoms with Gasteiger partial charge in [-0.15, -0.1) is 0 Å². The SMILES string of the molecule is Oc1ccccc1-[n+]1[c-]n(-c2ccccc2)c2ccccc21. The third-order valence-electron chi connectivity index (χ3n) is 3.70. The highest BCUT2D eigenvalue weighted by molar-refractivity contribution is 5.74.